The predicted molar refractivity (Wildman–Crippen MR) is 98.9 cm³/mol. The molecule has 1 atom stereocenters. The molecule has 0 bridgehead atoms. The molecule has 0 aliphatic heterocycles. The third kappa shape index (κ3) is 3.80. The Morgan fingerprint density at radius 3 is 2.67 bits per heavy atom. The fourth-order valence-corrected chi connectivity index (χ4v) is 3.84. The van der Waals surface area contributed by atoms with E-state index in [-0.39, 0.29) is 23.2 Å². The molecule has 2 N–H and O–H groups in total. The summed E-state index contributed by atoms with van der Waals surface area (Å²) in [6, 6.07) is -0.354. The minimum Gasteiger partial charge on any atom is -0.477 e. The Labute approximate surface area is 159 Å². The Balaban J connectivity index is 1.66. The van der Waals surface area contributed by atoms with Crippen molar-refractivity contribution in [3.63, 3.8) is 0 Å². The molecule has 9 nitrogen and oxygen atoms in total. The van der Waals surface area contributed by atoms with Crippen LogP contribution in [0.2, 0.25) is 0 Å². The Kier molecular flexibility index (Phi) is 5.17. The van der Waals surface area contributed by atoms with Crippen molar-refractivity contribution < 1.29 is 14.7 Å². The number of aromatic carboxylic acids is 1. The lowest BCUT2D eigenvalue weighted by molar-refractivity contribution is -0.121. The largest absolute Gasteiger partial charge is 0.477 e. The molecule has 10 heteroatoms. The van der Waals surface area contributed by atoms with Crippen LogP contribution in [0.25, 0.3) is 5.78 Å². The number of nitrogens with one attached hydrogen (secondary N) is 1. The molecule has 3 aromatic heterocycles. The first-order chi connectivity index (χ1) is 12.8. The molecule has 142 valence electrons. The Bertz CT molecular complexity index is 1030. The van der Waals surface area contributed by atoms with Crippen molar-refractivity contribution in [2.45, 2.75) is 46.6 Å². The number of fused-ring (bicyclic) bond motifs is 1. The van der Waals surface area contributed by atoms with Crippen molar-refractivity contribution in [1.29, 1.82) is 0 Å². The molecule has 1 amide bonds. The topological polar surface area (TPSA) is 122 Å². The first-order valence-electron chi connectivity index (χ1n) is 8.43. The average molecular weight is 388 g/mol. The fraction of sp³-hybridized carbons (Fsp3) is 0.412. The second-order valence-electron chi connectivity index (χ2n) is 6.29. The van der Waals surface area contributed by atoms with Gasteiger partial charge >= 0.3 is 5.97 Å². The van der Waals surface area contributed by atoms with E-state index in [1.54, 1.807) is 18.4 Å². The Morgan fingerprint density at radius 1 is 1.26 bits per heavy atom. The van der Waals surface area contributed by atoms with Crippen LogP contribution in [-0.4, -0.2) is 41.5 Å². The van der Waals surface area contributed by atoms with Crippen molar-refractivity contribution >= 4 is 29.0 Å². The van der Waals surface area contributed by atoms with Gasteiger partial charge in [-0.2, -0.15) is 10.1 Å². The second-order valence-corrected chi connectivity index (χ2v) is 7.32. The van der Waals surface area contributed by atoms with Gasteiger partial charge in [0.25, 0.3) is 5.78 Å². The Hall–Kier alpha value is -2.88. The minimum atomic E-state index is -1.00. The minimum absolute atomic E-state index is 0.135. The van der Waals surface area contributed by atoms with Crippen molar-refractivity contribution in [2.75, 3.05) is 0 Å². The number of nitrogens with zero attached hydrogens (tertiary/aromatic N) is 5. The zero-order valence-corrected chi connectivity index (χ0v) is 16.3. The van der Waals surface area contributed by atoms with E-state index >= 15 is 0 Å². The van der Waals surface area contributed by atoms with Gasteiger partial charge in [0.2, 0.25) is 5.91 Å². The number of aromatic nitrogens is 5. The third-order valence-electron chi connectivity index (χ3n) is 4.35. The number of aryl methyl sites for hydroxylation is 3. The molecule has 1 unspecified atom stereocenters. The summed E-state index contributed by atoms with van der Waals surface area (Å²) >= 11 is 1.09. The van der Waals surface area contributed by atoms with E-state index in [4.69, 9.17) is 5.11 Å². The predicted octanol–water partition coefficient (Wildman–Crippen LogP) is 2.01. The van der Waals surface area contributed by atoms with E-state index in [1.165, 1.54) is 6.33 Å². The van der Waals surface area contributed by atoms with Gasteiger partial charge in [-0.3, -0.25) is 4.79 Å². The zero-order chi connectivity index (χ0) is 19.7. The number of amides is 1. The summed E-state index contributed by atoms with van der Waals surface area (Å²) in [5.41, 5.74) is 3.17. The number of hydrogen-bond acceptors (Lipinski definition) is 7. The third-order valence-corrected chi connectivity index (χ3v) is 5.67. The van der Waals surface area contributed by atoms with Crippen LogP contribution >= 0.6 is 11.3 Å². The molecular formula is C17H20N6O3S. The summed E-state index contributed by atoms with van der Waals surface area (Å²) < 4.78 is 1.66. The number of rotatable bonds is 6. The van der Waals surface area contributed by atoms with E-state index in [1.807, 2.05) is 13.8 Å². The zero-order valence-electron chi connectivity index (χ0n) is 15.5. The second kappa shape index (κ2) is 7.39. The average Bonchev–Trinajstić information content (AvgIpc) is 3.21. The molecule has 0 radical (unpaired) electrons. The van der Waals surface area contributed by atoms with E-state index < -0.39 is 5.97 Å². The first-order valence-corrected chi connectivity index (χ1v) is 9.25. The fourth-order valence-electron chi connectivity index (χ4n) is 2.93. The van der Waals surface area contributed by atoms with E-state index in [2.05, 4.69) is 25.4 Å². The van der Waals surface area contributed by atoms with Crippen LogP contribution in [-0.2, 0) is 11.2 Å². The molecule has 0 saturated carbocycles. The van der Waals surface area contributed by atoms with Crippen LogP contribution in [0.15, 0.2) is 6.33 Å². The van der Waals surface area contributed by atoms with Gasteiger partial charge in [-0.05, 0) is 39.7 Å². The van der Waals surface area contributed by atoms with E-state index in [0.29, 0.717) is 22.9 Å². The molecule has 3 heterocycles. The summed E-state index contributed by atoms with van der Waals surface area (Å²) in [4.78, 5) is 36.4. The van der Waals surface area contributed by atoms with Gasteiger partial charge in [0.05, 0.1) is 11.7 Å². The van der Waals surface area contributed by atoms with Crippen LogP contribution in [0.1, 0.15) is 56.7 Å². The highest BCUT2D eigenvalue weighted by Crippen LogP contribution is 2.23. The molecule has 0 aliphatic rings. The van der Waals surface area contributed by atoms with Gasteiger partial charge in [0, 0.05) is 17.8 Å². The normalized spacial score (nSPS) is 12.3. The lowest BCUT2D eigenvalue weighted by Gasteiger charge is -2.13. The molecular weight excluding hydrogens is 368 g/mol. The number of thiazole rings is 1. The number of hydrogen-bond donors (Lipinski definition) is 2. The molecule has 0 aliphatic carbocycles. The summed E-state index contributed by atoms with van der Waals surface area (Å²) in [5.74, 6) is -0.596. The number of carboxylic acids is 1. The van der Waals surface area contributed by atoms with Gasteiger partial charge in [0.1, 0.15) is 16.2 Å². The van der Waals surface area contributed by atoms with Crippen LogP contribution in [0.3, 0.4) is 0 Å². The van der Waals surface area contributed by atoms with E-state index in [9.17, 15) is 9.59 Å². The molecule has 0 spiro atoms. The molecule has 3 aromatic rings. The highest BCUT2D eigenvalue weighted by atomic mass is 32.1. The molecule has 0 aromatic carbocycles. The monoisotopic (exact) mass is 388 g/mol. The van der Waals surface area contributed by atoms with Crippen LogP contribution < -0.4 is 5.32 Å². The van der Waals surface area contributed by atoms with Gasteiger partial charge in [-0.15, -0.1) is 11.3 Å². The summed E-state index contributed by atoms with van der Waals surface area (Å²) in [6.07, 6.45) is 2.26. The number of carbonyl (C=O) groups excluding carboxylic acids is 1. The summed E-state index contributed by atoms with van der Waals surface area (Å²) in [6.45, 7) is 7.26. The van der Waals surface area contributed by atoms with E-state index in [0.717, 1.165) is 28.3 Å². The smallest absolute Gasteiger partial charge is 0.347 e. The summed E-state index contributed by atoms with van der Waals surface area (Å²) in [5, 5.41) is 16.7. The molecule has 0 fully saturated rings. The maximum Gasteiger partial charge on any atom is 0.347 e. The lowest BCUT2D eigenvalue weighted by Crippen LogP contribution is -2.27. The van der Waals surface area contributed by atoms with Crippen molar-refractivity contribution in [1.82, 2.24) is 29.9 Å². The van der Waals surface area contributed by atoms with Gasteiger partial charge in [-0.1, -0.05) is 0 Å². The van der Waals surface area contributed by atoms with Crippen LogP contribution in [0, 0.1) is 20.8 Å². The number of carboxylic acid groups (broad SMARTS) is 1. The quantitative estimate of drug-likeness (QED) is 0.662. The first kappa shape index (κ1) is 18.9. The maximum absolute atomic E-state index is 12.4. The van der Waals surface area contributed by atoms with Gasteiger partial charge < -0.3 is 10.4 Å². The SMILES string of the molecule is Cc1nc(C(C)NC(=O)CCc2c(C)nc3ncnn3c2C)sc1C(=O)O. The van der Waals surface area contributed by atoms with Gasteiger partial charge in [0.15, 0.2) is 0 Å². The highest BCUT2D eigenvalue weighted by molar-refractivity contribution is 7.13. The molecule has 3 rings (SSSR count). The summed E-state index contributed by atoms with van der Waals surface area (Å²) in [7, 11) is 0. The van der Waals surface area contributed by atoms with Crippen molar-refractivity contribution in [3.05, 3.63) is 38.9 Å². The van der Waals surface area contributed by atoms with Gasteiger partial charge in [-0.25, -0.2) is 19.3 Å². The molecule has 27 heavy (non-hydrogen) atoms. The van der Waals surface area contributed by atoms with Crippen LogP contribution in [0.5, 0.6) is 0 Å². The van der Waals surface area contributed by atoms with Crippen molar-refractivity contribution in [3.8, 4) is 0 Å². The number of carbonyl (C=O) groups is 2. The highest BCUT2D eigenvalue weighted by Gasteiger charge is 2.19. The maximum atomic E-state index is 12.4. The Morgan fingerprint density at radius 2 is 2.00 bits per heavy atom. The van der Waals surface area contributed by atoms with Crippen LogP contribution in [0.4, 0.5) is 0 Å². The lowest BCUT2D eigenvalue weighted by atomic mass is 10.1. The standard InChI is InChI=1S/C17H20N6O3S/c1-8-12(11(4)23-17(22-8)18-7-19-23)5-6-13(24)20-10(3)15-21-9(2)14(27-15)16(25)26/h7,10H,5-6H2,1-4H3,(H,20,24)(H,25,26). The van der Waals surface area contributed by atoms with Crippen molar-refractivity contribution in [2.24, 2.45) is 0 Å². The molecule has 0 saturated heterocycles.